The number of aromatic nitrogens is 3. The van der Waals surface area contributed by atoms with Gasteiger partial charge in [0, 0.05) is 44.9 Å². The van der Waals surface area contributed by atoms with Crippen molar-refractivity contribution in [2.45, 2.75) is 102 Å². The van der Waals surface area contributed by atoms with Crippen LogP contribution in [0, 0.1) is 18.8 Å². The normalized spacial score (nSPS) is 21.6. The van der Waals surface area contributed by atoms with Gasteiger partial charge in [-0.15, -0.1) is 0 Å². The van der Waals surface area contributed by atoms with Crippen molar-refractivity contribution in [1.29, 1.82) is 0 Å². The first-order valence-corrected chi connectivity index (χ1v) is 23.6. The number of aliphatic carboxylic acids is 1. The van der Waals surface area contributed by atoms with Crippen LogP contribution in [0.15, 0.2) is 103 Å². The van der Waals surface area contributed by atoms with Gasteiger partial charge in [-0.25, -0.2) is 14.8 Å². The average molecular weight is 912 g/mol. The number of carboxylic acid groups (broad SMARTS) is 1. The monoisotopic (exact) mass is 910 g/mol. The van der Waals surface area contributed by atoms with E-state index in [1.165, 1.54) is 22.4 Å². The molecule has 11 heteroatoms. The Labute approximate surface area is 391 Å². The number of methoxy groups -OCH3 is 1. The average Bonchev–Trinajstić information content (AvgIpc) is 3.58. The lowest BCUT2D eigenvalue weighted by Crippen LogP contribution is -2.53. The number of fused-ring (bicyclic) bond motifs is 3. The number of nitrogens with zero attached hydrogens (tertiary/aromatic N) is 3. The van der Waals surface area contributed by atoms with Gasteiger partial charge >= 0.3 is 5.97 Å². The van der Waals surface area contributed by atoms with Crippen LogP contribution in [0.5, 0.6) is 17.2 Å². The van der Waals surface area contributed by atoms with E-state index < -0.39 is 11.5 Å². The summed E-state index contributed by atoms with van der Waals surface area (Å²) in [5, 5.41) is 15.5. The maximum Gasteiger partial charge on any atom is 0.329 e. The summed E-state index contributed by atoms with van der Waals surface area (Å²) < 4.78 is 18.6. The second kappa shape index (κ2) is 18.7. The summed E-state index contributed by atoms with van der Waals surface area (Å²) in [6, 6.07) is 29.5. The summed E-state index contributed by atoms with van der Waals surface area (Å²) in [4.78, 5) is 27.3. The number of benzene rings is 4. The molecule has 0 aliphatic heterocycles. The number of nitrogens with one attached hydrogen (secondary N) is 1. The van der Waals surface area contributed by atoms with Crippen molar-refractivity contribution in [3.63, 3.8) is 0 Å². The molecule has 1 fully saturated rings. The van der Waals surface area contributed by atoms with Gasteiger partial charge in [-0.3, -0.25) is 4.98 Å². The third-order valence-corrected chi connectivity index (χ3v) is 14.9. The molecule has 0 amide bonds. The van der Waals surface area contributed by atoms with Gasteiger partial charge in [0.1, 0.15) is 29.4 Å². The molecule has 4 aromatic carbocycles. The van der Waals surface area contributed by atoms with E-state index in [0.29, 0.717) is 71.3 Å². The first-order valence-electron chi connectivity index (χ1n) is 22.8. The van der Waals surface area contributed by atoms with Gasteiger partial charge in [-0.05, 0) is 177 Å². The van der Waals surface area contributed by atoms with Gasteiger partial charge in [-0.1, -0.05) is 61.3 Å². The second-order valence-electron chi connectivity index (χ2n) is 18.5. The minimum absolute atomic E-state index is 0.245. The number of para-hydroxylation sites is 1. The molecule has 2 heterocycles. The molecule has 65 heavy (non-hydrogen) atoms. The van der Waals surface area contributed by atoms with Crippen LogP contribution in [0.25, 0.3) is 22.5 Å². The third kappa shape index (κ3) is 9.02. The molecule has 0 radical (unpaired) electrons. The molecule has 2 N–H and O–H groups in total. The Bertz CT molecular complexity index is 2720. The first kappa shape index (κ1) is 44.6. The molecule has 1 saturated carbocycles. The van der Waals surface area contributed by atoms with Crippen molar-refractivity contribution in [3.05, 3.63) is 147 Å². The van der Waals surface area contributed by atoms with Crippen molar-refractivity contribution < 1.29 is 24.1 Å². The van der Waals surface area contributed by atoms with Crippen LogP contribution in [0.2, 0.25) is 10.0 Å². The van der Waals surface area contributed by atoms with Gasteiger partial charge in [0.15, 0.2) is 5.82 Å². The lowest BCUT2D eigenvalue weighted by atomic mass is 9.59. The fourth-order valence-electron chi connectivity index (χ4n) is 10.9. The number of anilines is 1. The lowest BCUT2D eigenvalue weighted by Gasteiger charge is -2.47. The topological polar surface area (TPSA) is 116 Å². The largest absolute Gasteiger partial charge is 0.496 e. The summed E-state index contributed by atoms with van der Waals surface area (Å²) in [7, 11) is 1.64. The quantitative estimate of drug-likeness (QED) is 0.110. The number of halogens is 2. The molecule has 3 atom stereocenters. The van der Waals surface area contributed by atoms with Gasteiger partial charge in [0.25, 0.3) is 0 Å². The first-order chi connectivity index (χ1) is 31.4. The number of ether oxygens (including phenoxy) is 3. The molecular formula is C54H56Cl2N4O5. The van der Waals surface area contributed by atoms with E-state index >= 15 is 0 Å². The molecule has 3 aliphatic carbocycles. The highest BCUT2D eigenvalue weighted by Gasteiger charge is 2.54. The van der Waals surface area contributed by atoms with Crippen molar-refractivity contribution in [2.24, 2.45) is 11.8 Å². The van der Waals surface area contributed by atoms with E-state index in [2.05, 4.69) is 55.3 Å². The zero-order valence-electron chi connectivity index (χ0n) is 37.5. The third-order valence-electron chi connectivity index (χ3n) is 14.3. The minimum Gasteiger partial charge on any atom is -0.496 e. The Morgan fingerprint density at radius 1 is 0.892 bits per heavy atom. The molecule has 2 aromatic heterocycles. The molecule has 0 bridgehead atoms. The van der Waals surface area contributed by atoms with Crippen LogP contribution in [-0.4, -0.2) is 45.3 Å². The summed E-state index contributed by atoms with van der Waals surface area (Å²) >= 11 is 13.7. The summed E-state index contributed by atoms with van der Waals surface area (Å²) in [5.74, 6) is 3.01. The maximum atomic E-state index is 13.3. The van der Waals surface area contributed by atoms with E-state index in [9.17, 15) is 9.90 Å². The molecule has 1 spiro atoms. The number of pyridine rings is 1. The van der Waals surface area contributed by atoms with Crippen molar-refractivity contribution in [1.82, 2.24) is 15.0 Å². The fraction of sp³-hybridized carbons (Fsp3) is 0.370. The summed E-state index contributed by atoms with van der Waals surface area (Å²) in [5.41, 5.74) is 8.78. The molecule has 6 aromatic rings. The van der Waals surface area contributed by atoms with Crippen LogP contribution in [0.1, 0.15) is 98.4 Å². The number of aryl methyl sites for hydroxylation is 2. The van der Waals surface area contributed by atoms with Crippen molar-refractivity contribution in [2.75, 3.05) is 19.0 Å². The summed E-state index contributed by atoms with van der Waals surface area (Å²) in [6.45, 7) is 7.50. The number of hydrogen-bond acceptors (Lipinski definition) is 8. The van der Waals surface area contributed by atoms with Gasteiger partial charge in [0.05, 0.1) is 25.0 Å². The van der Waals surface area contributed by atoms with Gasteiger partial charge in [0.2, 0.25) is 0 Å². The van der Waals surface area contributed by atoms with Crippen LogP contribution >= 0.6 is 23.2 Å². The van der Waals surface area contributed by atoms with E-state index in [4.69, 9.17) is 47.4 Å². The van der Waals surface area contributed by atoms with Crippen LogP contribution < -0.4 is 19.5 Å². The molecular weight excluding hydrogens is 856 g/mol. The predicted octanol–water partition coefficient (Wildman–Crippen LogP) is 12.9. The Hall–Kier alpha value is -5.64. The lowest BCUT2D eigenvalue weighted by molar-refractivity contribution is -0.144. The Balaban J connectivity index is 1.00. The fourth-order valence-corrected chi connectivity index (χ4v) is 11.4. The number of carboxylic acids is 1. The van der Waals surface area contributed by atoms with E-state index in [1.54, 1.807) is 25.4 Å². The highest BCUT2D eigenvalue weighted by Crippen LogP contribution is 2.57. The van der Waals surface area contributed by atoms with Crippen LogP contribution in [0.4, 0.5) is 5.69 Å². The van der Waals surface area contributed by atoms with Crippen molar-refractivity contribution in [3.8, 4) is 39.8 Å². The summed E-state index contributed by atoms with van der Waals surface area (Å²) in [6.07, 6.45) is 11.0. The molecule has 3 aliphatic rings. The molecule has 9 rings (SSSR count). The van der Waals surface area contributed by atoms with Crippen LogP contribution in [0.3, 0.4) is 0 Å². The molecule has 0 saturated heterocycles. The van der Waals surface area contributed by atoms with Crippen molar-refractivity contribution >= 4 is 34.9 Å². The minimum atomic E-state index is -1.13. The van der Waals surface area contributed by atoms with E-state index in [-0.39, 0.29) is 23.9 Å². The van der Waals surface area contributed by atoms with E-state index in [1.807, 2.05) is 60.8 Å². The number of hydrogen-bond donors (Lipinski definition) is 2. The maximum absolute atomic E-state index is 13.3. The van der Waals surface area contributed by atoms with Gasteiger partial charge in [-0.2, -0.15) is 0 Å². The number of rotatable bonds is 14. The molecule has 336 valence electrons. The molecule has 1 unspecified atom stereocenters. The predicted molar refractivity (Wildman–Crippen MR) is 258 cm³/mol. The smallest absolute Gasteiger partial charge is 0.329 e. The van der Waals surface area contributed by atoms with E-state index in [0.717, 1.165) is 65.8 Å². The zero-order chi connectivity index (χ0) is 45.3. The zero-order valence-corrected chi connectivity index (χ0v) is 39.0. The Kier molecular flexibility index (Phi) is 12.8. The Morgan fingerprint density at radius 3 is 2.51 bits per heavy atom. The highest BCUT2D eigenvalue weighted by molar-refractivity contribution is 6.33. The highest BCUT2D eigenvalue weighted by atomic mass is 35.5. The standard InChI is InChI=1S/C54H56Cl2N4O5/c1-33(31-65-49-18-24-57-47-13-7-9-35(3)50(47)49)25-37-26-36-27-46(56)44(30-45(36)53(37)19-21-54(22-20-53,52(61)62)60-39-11-8-10-38(55)28-39)43-29-41(16-15-34(43)2)64-32-40-17-23-58-51(59-40)42-12-5-6-14-48(42)63-4/h5-6,8,10-12,14-18,23-24,27-30,33,35,37,60H,7,9,13,19-22,25-26,31-32H2,1-4H3,(H,61,62)/t33-,35-,37?,53?,54?/m1/s1. The Morgan fingerprint density at radius 2 is 1.71 bits per heavy atom. The molecule has 9 nitrogen and oxygen atoms in total. The second-order valence-corrected chi connectivity index (χ2v) is 19.4. The van der Waals surface area contributed by atoms with Gasteiger partial charge < -0.3 is 24.6 Å². The number of carbonyl (C=O) groups is 1. The van der Waals surface area contributed by atoms with Crippen LogP contribution in [-0.2, 0) is 29.7 Å². The SMILES string of the molecule is COc1ccccc1-c1nccc(COc2ccc(C)c(-c3cc4c(cc3Cl)CC(C[C@@H](C)COc3ccnc5c3[C@H](C)CCC5)C43CCC(Nc4cccc(Cl)c4)(C(=O)O)CC3)c2)n1.